The lowest BCUT2D eigenvalue weighted by molar-refractivity contribution is 0.669. The molecule has 0 amide bonds. The van der Waals surface area contributed by atoms with Gasteiger partial charge in [-0.2, -0.15) is 0 Å². The number of anilines is 6. The van der Waals surface area contributed by atoms with Crippen LogP contribution in [0.4, 0.5) is 34.1 Å². The zero-order valence-corrected chi connectivity index (χ0v) is 42.0. The lowest BCUT2D eigenvalue weighted by Gasteiger charge is -2.45. The zero-order chi connectivity index (χ0) is 50.7. The van der Waals surface area contributed by atoms with Crippen molar-refractivity contribution < 1.29 is 4.42 Å². The summed E-state index contributed by atoms with van der Waals surface area (Å²) in [7, 11) is 0. The van der Waals surface area contributed by atoms with Gasteiger partial charge >= 0.3 is 0 Å². The first kappa shape index (κ1) is 43.4. The summed E-state index contributed by atoms with van der Waals surface area (Å²) in [6.45, 7) is 0. The molecule has 1 aromatic heterocycles. The number of fused-ring (bicyclic) bond motifs is 15. The third-order valence-corrected chi connectivity index (χ3v) is 16.9. The Morgan fingerprint density at radius 2 is 0.831 bits per heavy atom. The van der Waals surface area contributed by atoms with E-state index < -0.39 is 10.8 Å². The fraction of sp³-hybridized carbons (Fsp3) is 0.0270. The van der Waals surface area contributed by atoms with E-state index in [1.54, 1.807) is 0 Å². The standard InChI is InChI=1S/C74H48N2O/c1-4-21-51(22-5-1)73(52-23-6-2-7-24-52)61-30-13-10-27-56(61)57-45-44-55(48-66(57)73)75(54-42-39-49(40-43-54)50-41-46-71-60(47-50)58-28-12-19-38-70(58)77-71)69-37-20-34-65-72(69)59-29-11-14-31-62(59)74(65)63-32-15-17-35-67(63)76(53-25-8-3-9-26-53)68-36-18-16-33-64(68)74/h1-48H. The minimum Gasteiger partial charge on any atom is -0.456 e. The second-order valence-corrected chi connectivity index (χ2v) is 20.6. The van der Waals surface area contributed by atoms with Crippen molar-refractivity contribution in [2.75, 3.05) is 9.80 Å². The molecule has 3 heteroatoms. The minimum absolute atomic E-state index is 0.578. The second kappa shape index (κ2) is 16.8. The second-order valence-electron chi connectivity index (χ2n) is 20.6. The maximum atomic E-state index is 6.27. The van der Waals surface area contributed by atoms with Crippen LogP contribution in [-0.2, 0) is 10.8 Å². The van der Waals surface area contributed by atoms with Gasteiger partial charge in [0, 0.05) is 33.4 Å². The van der Waals surface area contributed by atoms with Crippen molar-refractivity contribution in [3.63, 3.8) is 0 Å². The number of nitrogens with zero attached hydrogens (tertiary/aromatic N) is 2. The summed E-state index contributed by atoms with van der Waals surface area (Å²) < 4.78 is 6.27. The Morgan fingerprint density at radius 1 is 0.312 bits per heavy atom. The average molecular weight is 981 g/mol. The molecule has 2 aliphatic carbocycles. The van der Waals surface area contributed by atoms with Crippen molar-refractivity contribution in [2.45, 2.75) is 10.8 Å². The molecule has 3 nitrogen and oxygen atoms in total. The SMILES string of the molecule is c1ccc(N2c3ccccc3C3(c4ccccc4-c4c(N(c5ccc(-c6ccc7oc8ccccc8c7c6)cc5)c5ccc6c(c5)C(c5ccccc5)(c5ccccc5)c5ccccc5-6)cccc43)c3ccccc32)cc1. The molecule has 1 aliphatic heterocycles. The number of furan rings is 1. The van der Waals surface area contributed by atoms with Crippen LogP contribution in [0, 0.1) is 0 Å². The number of rotatable bonds is 7. The van der Waals surface area contributed by atoms with Crippen molar-refractivity contribution in [1.82, 2.24) is 0 Å². The van der Waals surface area contributed by atoms with Crippen LogP contribution in [0.1, 0.15) is 44.5 Å². The fourth-order valence-corrected chi connectivity index (χ4v) is 13.9. The van der Waals surface area contributed by atoms with Crippen molar-refractivity contribution in [3.05, 3.63) is 336 Å². The predicted octanol–water partition coefficient (Wildman–Crippen LogP) is 19.2. The van der Waals surface area contributed by atoms with E-state index in [1.807, 2.05) is 12.1 Å². The van der Waals surface area contributed by atoms with Crippen LogP contribution in [-0.4, -0.2) is 0 Å². The van der Waals surface area contributed by atoms with E-state index in [0.717, 1.165) is 55.8 Å². The monoisotopic (exact) mass is 980 g/mol. The van der Waals surface area contributed by atoms with Gasteiger partial charge in [0.05, 0.1) is 27.9 Å². The van der Waals surface area contributed by atoms with E-state index in [0.29, 0.717) is 0 Å². The zero-order valence-electron chi connectivity index (χ0n) is 42.0. The predicted molar refractivity (Wildman–Crippen MR) is 317 cm³/mol. The number of hydrogen-bond donors (Lipinski definition) is 0. The highest BCUT2D eigenvalue weighted by molar-refractivity contribution is 6.07. The molecule has 0 bridgehead atoms. The summed E-state index contributed by atoms with van der Waals surface area (Å²) in [5.74, 6) is 0. The van der Waals surface area contributed by atoms with Gasteiger partial charge in [-0.3, -0.25) is 0 Å². The van der Waals surface area contributed by atoms with Gasteiger partial charge in [-0.15, -0.1) is 0 Å². The van der Waals surface area contributed by atoms with Gasteiger partial charge in [0.1, 0.15) is 11.2 Å². The van der Waals surface area contributed by atoms with E-state index in [-0.39, 0.29) is 0 Å². The minimum atomic E-state index is -0.624. The van der Waals surface area contributed by atoms with Crippen LogP contribution in [0.15, 0.2) is 296 Å². The molecule has 1 spiro atoms. The van der Waals surface area contributed by atoms with Gasteiger partial charge in [-0.25, -0.2) is 0 Å². The maximum absolute atomic E-state index is 6.27. The number of para-hydroxylation sites is 4. The quantitative estimate of drug-likeness (QED) is 0.159. The highest BCUT2D eigenvalue weighted by atomic mass is 16.3. The van der Waals surface area contributed by atoms with Crippen molar-refractivity contribution in [2.24, 2.45) is 0 Å². The first-order chi connectivity index (χ1) is 38.2. The molecule has 77 heavy (non-hydrogen) atoms. The van der Waals surface area contributed by atoms with Gasteiger partial charge in [-0.05, 0) is 145 Å². The van der Waals surface area contributed by atoms with Gasteiger partial charge < -0.3 is 14.2 Å². The summed E-state index contributed by atoms with van der Waals surface area (Å²) in [5.41, 5.74) is 24.7. The molecule has 0 atom stereocenters. The highest BCUT2D eigenvalue weighted by Gasteiger charge is 2.53. The molecular formula is C74H48N2O. The van der Waals surface area contributed by atoms with Crippen molar-refractivity contribution in [3.8, 4) is 33.4 Å². The molecule has 0 fully saturated rings. The van der Waals surface area contributed by atoms with E-state index in [4.69, 9.17) is 4.42 Å². The van der Waals surface area contributed by atoms with Crippen LogP contribution < -0.4 is 9.80 Å². The van der Waals surface area contributed by atoms with Crippen LogP contribution in [0.25, 0.3) is 55.3 Å². The topological polar surface area (TPSA) is 19.6 Å². The van der Waals surface area contributed by atoms with Gasteiger partial charge in [0.25, 0.3) is 0 Å². The average Bonchev–Trinajstić information content (AvgIpc) is 3.90. The fourth-order valence-electron chi connectivity index (χ4n) is 13.9. The molecule has 12 aromatic carbocycles. The third-order valence-electron chi connectivity index (χ3n) is 16.9. The molecule has 0 saturated carbocycles. The summed E-state index contributed by atoms with van der Waals surface area (Å²) in [6.07, 6.45) is 0. The lowest BCUT2D eigenvalue weighted by atomic mass is 9.64. The molecule has 13 aromatic rings. The number of benzene rings is 12. The Kier molecular flexibility index (Phi) is 9.47. The Morgan fingerprint density at radius 3 is 1.53 bits per heavy atom. The summed E-state index contributed by atoms with van der Waals surface area (Å²) in [6, 6.07) is 108. The van der Waals surface area contributed by atoms with Gasteiger partial charge in [0.2, 0.25) is 0 Å². The lowest BCUT2D eigenvalue weighted by Crippen LogP contribution is -2.36. The van der Waals surface area contributed by atoms with Crippen molar-refractivity contribution >= 4 is 56.1 Å². The van der Waals surface area contributed by atoms with Crippen LogP contribution in [0.2, 0.25) is 0 Å². The summed E-state index contributed by atoms with van der Waals surface area (Å²) in [4.78, 5) is 4.99. The van der Waals surface area contributed by atoms with Crippen molar-refractivity contribution in [1.29, 1.82) is 0 Å². The van der Waals surface area contributed by atoms with Crippen LogP contribution in [0.3, 0.4) is 0 Å². The van der Waals surface area contributed by atoms with E-state index in [9.17, 15) is 0 Å². The molecule has 16 rings (SSSR count). The first-order valence-corrected chi connectivity index (χ1v) is 26.7. The summed E-state index contributed by atoms with van der Waals surface area (Å²) in [5, 5.41) is 2.24. The van der Waals surface area contributed by atoms with E-state index in [1.165, 1.54) is 78.1 Å². The normalized spacial score (nSPS) is 13.9. The third kappa shape index (κ3) is 6.08. The van der Waals surface area contributed by atoms with E-state index in [2.05, 4.69) is 289 Å². The Balaban J connectivity index is 0.958. The summed E-state index contributed by atoms with van der Waals surface area (Å²) >= 11 is 0. The first-order valence-electron chi connectivity index (χ1n) is 26.7. The van der Waals surface area contributed by atoms with Gasteiger partial charge in [-0.1, -0.05) is 218 Å². The van der Waals surface area contributed by atoms with Crippen LogP contribution >= 0.6 is 0 Å². The number of hydrogen-bond acceptors (Lipinski definition) is 3. The molecule has 0 radical (unpaired) electrons. The largest absolute Gasteiger partial charge is 0.456 e. The maximum Gasteiger partial charge on any atom is 0.135 e. The smallest absolute Gasteiger partial charge is 0.135 e. The molecule has 3 aliphatic rings. The highest BCUT2D eigenvalue weighted by Crippen LogP contribution is 2.66. The van der Waals surface area contributed by atoms with Crippen LogP contribution in [0.5, 0.6) is 0 Å². The molecule has 0 N–H and O–H groups in total. The Bertz CT molecular complexity index is 4370. The van der Waals surface area contributed by atoms with Gasteiger partial charge in [0.15, 0.2) is 0 Å². The molecule has 0 saturated heterocycles. The molecule has 360 valence electrons. The molecular weight excluding hydrogens is 933 g/mol. The Labute approximate surface area is 447 Å². The van der Waals surface area contributed by atoms with E-state index >= 15 is 0 Å². The molecule has 0 unspecified atom stereocenters. The Hall–Kier alpha value is -9.96. The molecule has 2 heterocycles.